The smallest absolute Gasteiger partial charge is 0.245 e. The van der Waals surface area contributed by atoms with E-state index in [0.717, 1.165) is 5.56 Å². The Labute approximate surface area is 239 Å². The number of halogens is 1. The van der Waals surface area contributed by atoms with Gasteiger partial charge in [0, 0.05) is 25.5 Å². The maximum absolute atomic E-state index is 13.8. The van der Waals surface area contributed by atoms with Gasteiger partial charge in [-0.2, -0.15) is 4.72 Å². The molecule has 1 amide bonds. The quantitative estimate of drug-likeness (QED) is 0.160. The van der Waals surface area contributed by atoms with Crippen LogP contribution in [0.15, 0.2) is 71.9 Å². The molecule has 6 N–H and O–H groups in total. The highest BCUT2D eigenvalue weighted by molar-refractivity contribution is 7.89. The lowest BCUT2D eigenvalue weighted by molar-refractivity contribution is -0.134. The number of aromatic hydroxyl groups is 1. The molecule has 0 saturated carbocycles. The monoisotopic (exact) mass is 585 g/mol. The number of amides is 1. The van der Waals surface area contributed by atoms with Crippen molar-refractivity contribution < 1.29 is 27.8 Å². The molecule has 220 valence electrons. The van der Waals surface area contributed by atoms with Gasteiger partial charge in [0.15, 0.2) is 0 Å². The maximum Gasteiger partial charge on any atom is 0.245 e. The molecule has 1 aromatic heterocycles. The number of nitrogens with two attached hydrogens (primary N) is 1. The van der Waals surface area contributed by atoms with Crippen LogP contribution >= 0.6 is 0 Å². The maximum atomic E-state index is 13.8. The van der Waals surface area contributed by atoms with E-state index in [2.05, 4.69) is 15.0 Å². The van der Waals surface area contributed by atoms with Crippen molar-refractivity contribution in [3.8, 4) is 5.75 Å². The molecule has 0 aliphatic carbocycles. The molecular weight excluding hydrogens is 549 g/mol. The van der Waals surface area contributed by atoms with Crippen LogP contribution in [0.2, 0.25) is 0 Å². The molecule has 1 aliphatic heterocycles. The number of piperidine rings is 1. The van der Waals surface area contributed by atoms with Gasteiger partial charge in [0.05, 0.1) is 30.7 Å². The highest BCUT2D eigenvalue weighted by Crippen LogP contribution is 2.30. The highest BCUT2D eigenvalue weighted by atomic mass is 32.2. The molecule has 1 saturated heterocycles. The van der Waals surface area contributed by atoms with E-state index in [1.165, 1.54) is 36.7 Å². The van der Waals surface area contributed by atoms with Crippen LogP contribution in [0, 0.1) is 5.92 Å². The van der Waals surface area contributed by atoms with Gasteiger partial charge in [-0.15, -0.1) is 0 Å². The van der Waals surface area contributed by atoms with Crippen molar-refractivity contribution in [2.24, 2.45) is 5.92 Å². The fourth-order valence-corrected chi connectivity index (χ4v) is 6.29. The van der Waals surface area contributed by atoms with E-state index < -0.39 is 34.7 Å². The number of carbonyl (C=O) groups excluding carboxylic acids is 1. The van der Waals surface area contributed by atoms with Crippen molar-refractivity contribution in [2.45, 2.75) is 42.7 Å². The van der Waals surface area contributed by atoms with Gasteiger partial charge >= 0.3 is 0 Å². The standard InChI is InChI=1S/C29H36FN5O5S/c30-12-8-20-10-14-35(15-11-20)29(38)28(22-6-7-26(37)24(31)17-22)34-41(39,40)27-18-32-13-9-25(27)33-23(19-36)16-21-4-2-1-3-5-21/h1-7,9,13,17-18,20,23,28,34,36-37H,8,10-12,14-16,19,31H2,(H,32,33)/t23-,28-/m0/s1. The minimum absolute atomic E-state index is 0.00316. The molecule has 0 bridgehead atoms. The number of nitrogens with zero attached hydrogens (tertiary/aromatic N) is 2. The second kappa shape index (κ2) is 13.7. The molecule has 0 spiro atoms. The second-order valence-corrected chi connectivity index (χ2v) is 11.9. The number of hydrogen-bond acceptors (Lipinski definition) is 8. The zero-order chi connectivity index (χ0) is 29.4. The molecule has 41 heavy (non-hydrogen) atoms. The third kappa shape index (κ3) is 7.72. The average Bonchev–Trinajstić information content (AvgIpc) is 2.98. The largest absolute Gasteiger partial charge is 0.506 e. The number of pyridine rings is 1. The third-order valence-corrected chi connectivity index (χ3v) is 8.78. The lowest BCUT2D eigenvalue weighted by atomic mass is 9.93. The fourth-order valence-electron chi connectivity index (χ4n) is 5.00. The molecule has 0 unspecified atom stereocenters. The molecule has 4 rings (SSSR count). The summed E-state index contributed by atoms with van der Waals surface area (Å²) in [6, 6.07) is 13.2. The highest BCUT2D eigenvalue weighted by Gasteiger charge is 2.34. The van der Waals surface area contributed by atoms with Gasteiger partial charge in [-0.25, -0.2) is 8.42 Å². The molecule has 0 radical (unpaired) electrons. The second-order valence-electron chi connectivity index (χ2n) is 10.2. The third-order valence-electron chi connectivity index (χ3n) is 7.33. The Bertz CT molecular complexity index is 1420. The number of carbonyl (C=O) groups is 1. The van der Waals surface area contributed by atoms with E-state index in [0.29, 0.717) is 38.8 Å². The predicted molar refractivity (Wildman–Crippen MR) is 154 cm³/mol. The molecule has 3 aromatic rings. The van der Waals surface area contributed by atoms with Crippen LogP contribution in [0.1, 0.15) is 36.4 Å². The molecular formula is C29H36FN5O5S. The molecule has 10 nitrogen and oxygen atoms in total. The lowest BCUT2D eigenvalue weighted by Gasteiger charge is -2.34. The zero-order valence-corrected chi connectivity index (χ0v) is 23.4. The first-order valence-electron chi connectivity index (χ1n) is 13.5. The van der Waals surface area contributed by atoms with Crippen LogP contribution in [-0.4, -0.2) is 66.8 Å². The van der Waals surface area contributed by atoms with Crippen LogP contribution in [0.4, 0.5) is 15.8 Å². The number of aliphatic hydroxyl groups is 1. The van der Waals surface area contributed by atoms with E-state index in [9.17, 15) is 27.8 Å². The van der Waals surface area contributed by atoms with Crippen LogP contribution in [0.25, 0.3) is 0 Å². The number of phenolic OH excluding ortho intramolecular Hbond substituents is 1. The minimum Gasteiger partial charge on any atom is -0.506 e. The Balaban J connectivity index is 1.61. The number of benzene rings is 2. The van der Waals surface area contributed by atoms with Crippen molar-refractivity contribution in [2.75, 3.05) is 37.4 Å². The zero-order valence-electron chi connectivity index (χ0n) is 22.6. The summed E-state index contributed by atoms with van der Waals surface area (Å²) in [5, 5.41) is 23.0. The summed E-state index contributed by atoms with van der Waals surface area (Å²) in [6.07, 6.45) is 4.72. The van der Waals surface area contributed by atoms with Crippen molar-refractivity contribution in [1.29, 1.82) is 0 Å². The van der Waals surface area contributed by atoms with Crippen LogP contribution in [-0.2, 0) is 21.2 Å². The summed E-state index contributed by atoms with van der Waals surface area (Å²) in [4.78, 5) is 19.1. The summed E-state index contributed by atoms with van der Waals surface area (Å²) in [5.74, 6) is -0.502. The molecule has 2 atom stereocenters. The first-order chi connectivity index (χ1) is 19.7. The molecule has 1 fully saturated rings. The average molecular weight is 586 g/mol. The van der Waals surface area contributed by atoms with Crippen molar-refractivity contribution in [3.05, 3.63) is 78.1 Å². The predicted octanol–water partition coefficient (Wildman–Crippen LogP) is 3.00. The van der Waals surface area contributed by atoms with Gasteiger partial charge in [-0.05, 0) is 60.9 Å². The SMILES string of the molecule is Nc1cc([C@H](NS(=O)(=O)c2cnccc2N[C@H](CO)Cc2ccccc2)C(=O)N2CCC(CCF)CC2)ccc1O. The molecule has 2 heterocycles. The van der Waals surface area contributed by atoms with E-state index in [-0.39, 0.29) is 40.1 Å². The van der Waals surface area contributed by atoms with E-state index >= 15 is 0 Å². The number of aliphatic hydroxyl groups excluding tert-OH is 1. The van der Waals surface area contributed by atoms with Gasteiger partial charge in [-0.1, -0.05) is 36.4 Å². The van der Waals surface area contributed by atoms with Gasteiger partial charge < -0.3 is 26.2 Å². The number of rotatable bonds is 12. The molecule has 12 heteroatoms. The number of phenols is 1. The Morgan fingerprint density at radius 2 is 1.88 bits per heavy atom. The van der Waals surface area contributed by atoms with Gasteiger partial charge in [0.25, 0.3) is 0 Å². The first-order valence-corrected chi connectivity index (χ1v) is 15.0. The number of likely N-dealkylation sites (tertiary alicyclic amines) is 1. The van der Waals surface area contributed by atoms with Gasteiger partial charge in [-0.3, -0.25) is 14.2 Å². The van der Waals surface area contributed by atoms with Crippen LogP contribution < -0.4 is 15.8 Å². The minimum atomic E-state index is -4.35. The summed E-state index contributed by atoms with van der Waals surface area (Å²) >= 11 is 0. The number of sulfonamides is 1. The first kappa shape index (κ1) is 30.2. The Hall–Kier alpha value is -3.74. The summed E-state index contributed by atoms with van der Waals surface area (Å²) in [6.45, 7) is 0.0630. The number of aromatic nitrogens is 1. The Morgan fingerprint density at radius 3 is 2.54 bits per heavy atom. The van der Waals surface area contributed by atoms with Crippen LogP contribution in [0.3, 0.4) is 0 Å². The van der Waals surface area contributed by atoms with E-state index in [4.69, 9.17) is 5.73 Å². The number of anilines is 2. The molecule has 1 aliphatic rings. The summed E-state index contributed by atoms with van der Waals surface area (Å²) in [7, 11) is -4.35. The lowest BCUT2D eigenvalue weighted by Crippen LogP contribution is -2.46. The Morgan fingerprint density at radius 1 is 1.15 bits per heavy atom. The number of hydrogen-bond donors (Lipinski definition) is 5. The normalized spacial score (nSPS) is 15.8. The number of nitrogens with one attached hydrogen (secondary N) is 2. The van der Waals surface area contributed by atoms with E-state index in [1.54, 1.807) is 4.90 Å². The van der Waals surface area contributed by atoms with Crippen LogP contribution in [0.5, 0.6) is 5.75 Å². The topological polar surface area (TPSA) is 158 Å². The summed E-state index contributed by atoms with van der Waals surface area (Å²) < 4.78 is 42.9. The van der Waals surface area contributed by atoms with Gasteiger partial charge in [0.2, 0.25) is 15.9 Å². The van der Waals surface area contributed by atoms with Crippen molar-refractivity contribution in [3.63, 3.8) is 0 Å². The fraction of sp³-hybridized carbons (Fsp3) is 0.379. The van der Waals surface area contributed by atoms with Crippen molar-refractivity contribution >= 4 is 27.3 Å². The number of alkyl halides is 1. The number of nitrogen functional groups attached to an aromatic ring is 1. The van der Waals surface area contributed by atoms with Gasteiger partial charge in [0.1, 0.15) is 16.7 Å². The van der Waals surface area contributed by atoms with Crippen molar-refractivity contribution in [1.82, 2.24) is 14.6 Å². The molecule has 2 aromatic carbocycles. The van der Waals surface area contributed by atoms with E-state index in [1.807, 2.05) is 30.3 Å². The Kier molecular flexibility index (Phi) is 10.1. The summed E-state index contributed by atoms with van der Waals surface area (Å²) in [5.41, 5.74) is 7.32.